The summed E-state index contributed by atoms with van der Waals surface area (Å²) in [6.45, 7) is 3.26. The molecule has 1 amide bonds. The Bertz CT molecular complexity index is 372. The lowest BCUT2D eigenvalue weighted by Crippen LogP contribution is -2.41. The topological polar surface area (TPSA) is 99.2 Å². The lowest BCUT2D eigenvalue weighted by Gasteiger charge is -2.23. The molecule has 4 unspecified atom stereocenters. The van der Waals surface area contributed by atoms with E-state index in [4.69, 9.17) is 10.9 Å². The van der Waals surface area contributed by atoms with Crippen LogP contribution in [0.3, 0.4) is 0 Å². The number of amidine groups is 1. The molecule has 1 aliphatic carbocycles. The van der Waals surface area contributed by atoms with Gasteiger partial charge < -0.3 is 20.9 Å². The highest BCUT2D eigenvalue weighted by Crippen LogP contribution is 2.38. The Morgan fingerprint density at radius 2 is 2.21 bits per heavy atom. The van der Waals surface area contributed by atoms with Crippen molar-refractivity contribution in [2.45, 2.75) is 38.7 Å². The van der Waals surface area contributed by atoms with E-state index in [1.54, 1.807) is 4.90 Å². The fraction of sp³-hybridized carbons (Fsp3) is 0.846. The van der Waals surface area contributed by atoms with Crippen molar-refractivity contribution < 1.29 is 15.1 Å². The molecule has 0 spiro atoms. The highest BCUT2D eigenvalue weighted by atomic mass is 16.4. The molecular weight excluding hydrogens is 246 g/mol. The van der Waals surface area contributed by atoms with Gasteiger partial charge in [0.05, 0.1) is 12.0 Å². The first kappa shape index (κ1) is 14.1. The number of likely N-dealkylation sites (tertiary alicyclic amines) is 1. The van der Waals surface area contributed by atoms with Gasteiger partial charge in [-0.2, -0.15) is 0 Å². The second kappa shape index (κ2) is 5.77. The van der Waals surface area contributed by atoms with Crippen molar-refractivity contribution in [2.24, 2.45) is 28.6 Å². The van der Waals surface area contributed by atoms with Crippen LogP contribution in [0, 0.1) is 17.8 Å². The normalized spacial score (nSPS) is 32.4. The Balaban J connectivity index is 2.03. The molecule has 0 bridgehead atoms. The molecule has 1 saturated carbocycles. The predicted molar refractivity (Wildman–Crippen MR) is 70.6 cm³/mol. The summed E-state index contributed by atoms with van der Waals surface area (Å²) in [5.74, 6) is 0.00112. The Morgan fingerprint density at radius 1 is 1.47 bits per heavy atom. The zero-order valence-electron chi connectivity index (χ0n) is 11.3. The fourth-order valence-electron chi connectivity index (χ4n) is 3.39. The Hall–Kier alpha value is -1.30. The van der Waals surface area contributed by atoms with Gasteiger partial charge in [0.1, 0.15) is 0 Å². The summed E-state index contributed by atoms with van der Waals surface area (Å²) in [5, 5.41) is 21.6. The lowest BCUT2D eigenvalue weighted by molar-refractivity contribution is -0.133. The zero-order valence-corrected chi connectivity index (χ0v) is 11.3. The number of rotatable bonds is 4. The summed E-state index contributed by atoms with van der Waals surface area (Å²) < 4.78 is 0. The fourth-order valence-corrected chi connectivity index (χ4v) is 3.39. The maximum atomic E-state index is 12.4. The standard InChI is InChI=1S/C13H23N3O3/c1-2-3-9(12(14)15-19)13(18)16-6-8-4-5-11(17)10(8)7-16/h8-11,17,19H,2-7H2,1H3,(H2,14,15). The largest absolute Gasteiger partial charge is 0.409 e. The van der Waals surface area contributed by atoms with E-state index in [0.717, 1.165) is 19.3 Å². The van der Waals surface area contributed by atoms with E-state index in [2.05, 4.69) is 5.16 Å². The van der Waals surface area contributed by atoms with Crippen molar-refractivity contribution in [3.63, 3.8) is 0 Å². The first-order chi connectivity index (χ1) is 9.08. The minimum atomic E-state index is -0.536. The van der Waals surface area contributed by atoms with Crippen molar-refractivity contribution >= 4 is 11.7 Å². The van der Waals surface area contributed by atoms with Crippen LogP contribution < -0.4 is 5.73 Å². The molecule has 2 rings (SSSR count). The van der Waals surface area contributed by atoms with Crippen LogP contribution in [-0.4, -0.2) is 46.1 Å². The molecule has 4 atom stereocenters. The van der Waals surface area contributed by atoms with E-state index < -0.39 is 5.92 Å². The van der Waals surface area contributed by atoms with Gasteiger partial charge in [-0.15, -0.1) is 0 Å². The average Bonchev–Trinajstić information content (AvgIpc) is 2.97. The number of aliphatic hydroxyl groups excluding tert-OH is 1. The maximum absolute atomic E-state index is 12.4. The van der Waals surface area contributed by atoms with Crippen LogP contribution in [0.15, 0.2) is 5.16 Å². The van der Waals surface area contributed by atoms with Crippen LogP contribution in [0.25, 0.3) is 0 Å². The predicted octanol–water partition coefficient (Wildman–Crippen LogP) is 0.378. The number of hydrogen-bond acceptors (Lipinski definition) is 4. The third-order valence-corrected chi connectivity index (χ3v) is 4.48. The number of nitrogens with zero attached hydrogens (tertiary/aromatic N) is 2. The van der Waals surface area contributed by atoms with Crippen LogP contribution in [0.1, 0.15) is 32.6 Å². The van der Waals surface area contributed by atoms with Crippen molar-refractivity contribution in [3.05, 3.63) is 0 Å². The van der Waals surface area contributed by atoms with Crippen molar-refractivity contribution in [2.75, 3.05) is 13.1 Å². The molecule has 0 radical (unpaired) electrons. The highest BCUT2D eigenvalue weighted by molar-refractivity contribution is 6.02. The lowest BCUT2D eigenvalue weighted by atomic mass is 9.99. The molecular formula is C13H23N3O3. The smallest absolute Gasteiger partial charge is 0.233 e. The summed E-state index contributed by atoms with van der Waals surface area (Å²) in [6, 6.07) is 0. The minimum Gasteiger partial charge on any atom is -0.409 e. The molecule has 6 nitrogen and oxygen atoms in total. The van der Waals surface area contributed by atoms with Gasteiger partial charge in [0.15, 0.2) is 5.84 Å². The second-order valence-corrected chi connectivity index (χ2v) is 5.68. The molecule has 108 valence electrons. The molecule has 1 heterocycles. The molecule has 6 heteroatoms. The van der Waals surface area contributed by atoms with E-state index in [1.807, 2.05) is 6.92 Å². The van der Waals surface area contributed by atoms with E-state index in [9.17, 15) is 9.90 Å². The van der Waals surface area contributed by atoms with Gasteiger partial charge in [-0.05, 0) is 25.2 Å². The number of aliphatic hydroxyl groups is 1. The number of amides is 1. The molecule has 0 aromatic heterocycles. The van der Waals surface area contributed by atoms with Gasteiger partial charge in [0.25, 0.3) is 0 Å². The third-order valence-electron chi connectivity index (χ3n) is 4.48. The molecule has 1 aliphatic heterocycles. The molecule has 19 heavy (non-hydrogen) atoms. The van der Waals surface area contributed by atoms with Crippen LogP contribution in [0.4, 0.5) is 0 Å². The number of carbonyl (C=O) groups is 1. The quantitative estimate of drug-likeness (QED) is 0.297. The average molecular weight is 269 g/mol. The molecule has 2 aliphatic rings. The van der Waals surface area contributed by atoms with Gasteiger partial charge in [-0.3, -0.25) is 4.79 Å². The molecule has 4 N–H and O–H groups in total. The zero-order chi connectivity index (χ0) is 14.0. The Kier molecular flexibility index (Phi) is 4.29. The van der Waals surface area contributed by atoms with Gasteiger partial charge in [-0.1, -0.05) is 18.5 Å². The summed E-state index contributed by atoms with van der Waals surface area (Å²) in [6.07, 6.45) is 2.93. The molecule has 1 saturated heterocycles. The summed E-state index contributed by atoms with van der Waals surface area (Å²) >= 11 is 0. The van der Waals surface area contributed by atoms with Gasteiger partial charge in [-0.25, -0.2) is 0 Å². The summed E-state index contributed by atoms with van der Waals surface area (Å²) in [5.41, 5.74) is 5.62. The SMILES string of the molecule is CCCC(C(=O)N1CC2CCC(O)C2C1)C(N)=NO. The third kappa shape index (κ3) is 2.68. The number of oxime groups is 1. The van der Waals surface area contributed by atoms with Crippen LogP contribution >= 0.6 is 0 Å². The van der Waals surface area contributed by atoms with E-state index in [-0.39, 0.29) is 23.8 Å². The maximum Gasteiger partial charge on any atom is 0.233 e. The second-order valence-electron chi connectivity index (χ2n) is 5.68. The Morgan fingerprint density at radius 3 is 2.79 bits per heavy atom. The van der Waals surface area contributed by atoms with Gasteiger partial charge in [0.2, 0.25) is 5.91 Å². The molecule has 0 aromatic carbocycles. The van der Waals surface area contributed by atoms with Crippen LogP contribution in [0.5, 0.6) is 0 Å². The number of carbonyl (C=O) groups excluding carboxylic acids is 1. The van der Waals surface area contributed by atoms with Crippen molar-refractivity contribution in [1.29, 1.82) is 0 Å². The first-order valence-corrected chi connectivity index (χ1v) is 7.02. The van der Waals surface area contributed by atoms with Crippen LogP contribution in [0.2, 0.25) is 0 Å². The van der Waals surface area contributed by atoms with E-state index >= 15 is 0 Å². The van der Waals surface area contributed by atoms with Crippen molar-refractivity contribution in [1.82, 2.24) is 4.90 Å². The highest BCUT2D eigenvalue weighted by Gasteiger charge is 2.44. The van der Waals surface area contributed by atoms with E-state index in [0.29, 0.717) is 25.4 Å². The Labute approximate surface area is 113 Å². The molecule has 2 fully saturated rings. The molecule has 0 aromatic rings. The van der Waals surface area contributed by atoms with Gasteiger partial charge >= 0.3 is 0 Å². The minimum absolute atomic E-state index is 0.00976. The number of hydrogen-bond donors (Lipinski definition) is 3. The number of nitrogens with two attached hydrogens (primary N) is 1. The van der Waals surface area contributed by atoms with Crippen LogP contribution in [-0.2, 0) is 4.79 Å². The number of fused-ring (bicyclic) bond motifs is 1. The van der Waals surface area contributed by atoms with Crippen molar-refractivity contribution in [3.8, 4) is 0 Å². The summed E-state index contributed by atoms with van der Waals surface area (Å²) in [7, 11) is 0. The monoisotopic (exact) mass is 269 g/mol. The van der Waals surface area contributed by atoms with E-state index in [1.165, 1.54) is 0 Å². The first-order valence-electron chi connectivity index (χ1n) is 7.02. The van der Waals surface area contributed by atoms with Gasteiger partial charge in [0, 0.05) is 19.0 Å². The summed E-state index contributed by atoms with van der Waals surface area (Å²) in [4.78, 5) is 14.2.